The monoisotopic (exact) mass is 160 g/mol. The Balaban J connectivity index is 2.23. The van der Waals surface area contributed by atoms with E-state index in [-0.39, 0.29) is 12.1 Å². The molecule has 1 aliphatic heterocycles. The Labute approximate surface area is 70.5 Å². The number of cyclic esters (lactones) is 1. The van der Waals surface area contributed by atoms with E-state index < -0.39 is 0 Å². The lowest BCUT2D eigenvalue weighted by atomic mass is 10.1. The molecule has 0 amide bonds. The van der Waals surface area contributed by atoms with Gasteiger partial charge in [-0.15, -0.1) is 0 Å². The Morgan fingerprint density at radius 3 is 2.50 bits per heavy atom. The van der Waals surface area contributed by atoms with Crippen LogP contribution in [0.4, 0.5) is 0 Å². The first-order chi connectivity index (χ1) is 5.86. The number of benzene rings is 1. The predicted octanol–water partition coefficient (Wildman–Crippen LogP) is 1.84. The molecular weight excluding hydrogens is 152 g/mol. The summed E-state index contributed by atoms with van der Waals surface area (Å²) in [6.07, 6.45) is 3.04. The first-order valence-corrected chi connectivity index (χ1v) is 3.80. The van der Waals surface area contributed by atoms with Gasteiger partial charge in [-0.1, -0.05) is 30.3 Å². The fourth-order valence-corrected chi connectivity index (χ4v) is 1.19. The summed E-state index contributed by atoms with van der Waals surface area (Å²) in [5.74, 6) is -0.260. The number of hydrogen-bond acceptors (Lipinski definition) is 2. The molecule has 1 heterocycles. The number of carbonyl (C=O) groups is 1. The summed E-state index contributed by atoms with van der Waals surface area (Å²) >= 11 is 0. The number of carbonyl (C=O) groups excluding carboxylic acids is 1. The van der Waals surface area contributed by atoms with Crippen molar-refractivity contribution in [2.45, 2.75) is 6.10 Å². The van der Waals surface area contributed by atoms with Gasteiger partial charge in [0.25, 0.3) is 0 Å². The summed E-state index contributed by atoms with van der Waals surface area (Å²) in [6, 6.07) is 9.66. The van der Waals surface area contributed by atoms with E-state index in [1.807, 2.05) is 30.3 Å². The molecule has 1 aromatic carbocycles. The summed E-state index contributed by atoms with van der Waals surface area (Å²) in [4.78, 5) is 10.7. The number of rotatable bonds is 1. The molecule has 2 heteroatoms. The zero-order chi connectivity index (χ0) is 8.39. The lowest BCUT2D eigenvalue weighted by molar-refractivity contribution is -0.138. The summed E-state index contributed by atoms with van der Waals surface area (Å²) in [5, 5.41) is 0. The molecule has 1 aromatic rings. The van der Waals surface area contributed by atoms with E-state index in [2.05, 4.69) is 0 Å². The van der Waals surface area contributed by atoms with Crippen LogP contribution in [0.1, 0.15) is 11.7 Å². The summed E-state index contributed by atoms with van der Waals surface area (Å²) in [5.41, 5.74) is 1.01. The van der Waals surface area contributed by atoms with Crippen molar-refractivity contribution in [1.29, 1.82) is 0 Å². The maximum Gasteiger partial charge on any atom is 0.331 e. The minimum Gasteiger partial charge on any atom is -0.450 e. The van der Waals surface area contributed by atoms with Gasteiger partial charge in [0.2, 0.25) is 0 Å². The van der Waals surface area contributed by atoms with Crippen molar-refractivity contribution in [3.8, 4) is 0 Å². The first kappa shape index (κ1) is 7.10. The molecule has 0 bridgehead atoms. The standard InChI is InChI=1S/C10H8O2/c11-10-7-6-9(12-10)8-4-2-1-3-5-8/h1-7,9H/t9-/m0/s1. The molecule has 2 nitrogen and oxygen atoms in total. The van der Waals surface area contributed by atoms with E-state index in [0.717, 1.165) is 5.56 Å². The molecular formula is C10H8O2. The van der Waals surface area contributed by atoms with Crippen LogP contribution in [0, 0.1) is 0 Å². The van der Waals surface area contributed by atoms with Crippen LogP contribution in [0.15, 0.2) is 42.5 Å². The molecule has 1 aliphatic rings. The van der Waals surface area contributed by atoms with Gasteiger partial charge in [-0.25, -0.2) is 4.79 Å². The molecule has 0 spiro atoms. The van der Waals surface area contributed by atoms with Crippen molar-refractivity contribution in [2.24, 2.45) is 0 Å². The lowest BCUT2D eigenvalue weighted by Gasteiger charge is -2.07. The van der Waals surface area contributed by atoms with Crippen LogP contribution in [0.25, 0.3) is 0 Å². The second kappa shape index (κ2) is 2.81. The minimum atomic E-state index is -0.260. The van der Waals surface area contributed by atoms with Gasteiger partial charge in [0.15, 0.2) is 0 Å². The van der Waals surface area contributed by atoms with E-state index in [1.165, 1.54) is 6.08 Å². The second-order valence-corrected chi connectivity index (χ2v) is 2.63. The molecule has 0 N–H and O–H groups in total. The fourth-order valence-electron chi connectivity index (χ4n) is 1.19. The van der Waals surface area contributed by atoms with Crippen molar-refractivity contribution < 1.29 is 9.53 Å². The molecule has 0 saturated carbocycles. The van der Waals surface area contributed by atoms with Crippen molar-refractivity contribution in [3.05, 3.63) is 48.0 Å². The molecule has 1 atom stereocenters. The van der Waals surface area contributed by atoms with Gasteiger partial charge in [-0.05, 0) is 11.6 Å². The zero-order valence-electron chi connectivity index (χ0n) is 6.44. The quantitative estimate of drug-likeness (QED) is 0.586. The average Bonchev–Trinajstić information content (AvgIpc) is 2.54. The maximum atomic E-state index is 10.7. The molecule has 0 aromatic heterocycles. The molecule has 0 fully saturated rings. The molecule has 0 aliphatic carbocycles. The van der Waals surface area contributed by atoms with Gasteiger partial charge in [0, 0.05) is 6.08 Å². The van der Waals surface area contributed by atoms with Gasteiger partial charge in [-0.2, -0.15) is 0 Å². The third-order valence-corrected chi connectivity index (χ3v) is 1.78. The molecule has 2 rings (SSSR count). The van der Waals surface area contributed by atoms with E-state index in [0.29, 0.717) is 0 Å². The van der Waals surface area contributed by atoms with E-state index in [9.17, 15) is 4.79 Å². The Hall–Kier alpha value is -1.57. The fraction of sp³-hybridized carbons (Fsp3) is 0.100. The Morgan fingerprint density at radius 1 is 1.17 bits per heavy atom. The van der Waals surface area contributed by atoms with Gasteiger partial charge < -0.3 is 4.74 Å². The largest absolute Gasteiger partial charge is 0.450 e. The molecule has 12 heavy (non-hydrogen) atoms. The average molecular weight is 160 g/mol. The number of ether oxygens (including phenoxy) is 1. The molecule has 60 valence electrons. The first-order valence-electron chi connectivity index (χ1n) is 3.80. The summed E-state index contributed by atoms with van der Waals surface area (Å²) < 4.78 is 5.00. The Morgan fingerprint density at radius 2 is 1.92 bits per heavy atom. The van der Waals surface area contributed by atoms with E-state index >= 15 is 0 Å². The highest BCUT2D eigenvalue weighted by Crippen LogP contribution is 2.22. The highest BCUT2D eigenvalue weighted by molar-refractivity contribution is 5.84. The van der Waals surface area contributed by atoms with Gasteiger partial charge in [0.05, 0.1) is 0 Å². The summed E-state index contributed by atoms with van der Waals surface area (Å²) in [6.45, 7) is 0. The van der Waals surface area contributed by atoms with Crippen LogP contribution in [0.3, 0.4) is 0 Å². The minimum absolute atomic E-state index is 0.182. The number of hydrogen-bond donors (Lipinski definition) is 0. The van der Waals surface area contributed by atoms with Crippen molar-refractivity contribution >= 4 is 5.97 Å². The Kier molecular flexibility index (Phi) is 1.67. The van der Waals surface area contributed by atoms with Crippen LogP contribution in [-0.4, -0.2) is 5.97 Å². The SMILES string of the molecule is O=C1C=C[C@@H](c2ccccc2)O1. The zero-order valence-corrected chi connectivity index (χ0v) is 6.44. The van der Waals surface area contributed by atoms with E-state index in [1.54, 1.807) is 6.08 Å². The Bertz CT molecular complexity index is 314. The van der Waals surface area contributed by atoms with Crippen molar-refractivity contribution in [2.75, 3.05) is 0 Å². The molecule has 0 radical (unpaired) electrons. The summed E-state index contributed by atoms with van der Waals surface area (Å²) in [7, 11) is 0. The predicted molar refractivity (Wildman–Crippen MR) is 44.4 cm³/mol. The molecule has 0 saturated heterocycles. The van der Waals surface area contributed by atoms with Crippen LogP contribution < -0.4 is 0 Å². The van der Waals surface area contributed by atoms with Crippen LogP contribution in [-0.2, 0) is 9.53 Å². The third kappa shape index (κ3) is 1.23. The second-order valence-electron chi connectivity index (χ2n) is 2.63. The number of esters is 1. The van der Waals surface area contributed by atoms with Crippen molar-refractivity contribution in [3.63, 3.8) is 0 Å². The highest BCUT2D eigenvalue weighted by atomic mass is 16.5. The third-order valence-electron chi connectivity index (χ3n) is 1.78. The smallest absolute Gasteiger partial charge is 0.331 e. The van der Waals surface area contributed by atoms with Gasteiger partial charge >= 0.3 is 5.97 Å². The normalized spacial score (nSPS) is 21.0. The topological polar surface area (TPSA) is 26.3 Å². The van der Waals surface area contributed by atoms with Crippen LogP contribution >= 0.6 is 0 Å². The van der Waals surface area contributed by atoms with Gasteiger partial charge in [-0.3, -0.25) is 0 Å². The maximum absolute atomic E-state index is 10.7. The highest BCUT2D eigenvalue weighted by Gasteiger charge is 2.17. The molecule has 0 unspecified atom stereocenters. The van der Waals surface area contributed by atoms with Crippen LogP contribution in [0.2, 0.25) is 0 Å². The van der Waals surface area contributed by atoms with Crippen molar-refractivity contribution in [1.82, 2.24) is 0 Å². The van der Waals surface area contributed by atoms with Gasteiger partial charge in [0.1, 0.15) is 6.10 Å². The van der Waals surface area contributed by atoms with E-state index in [4.69, 9.17) is 4.74 Å². The van der Waals surface area contributed by atoms with Crippen LogP contribution in [0.5, 0.6) is 0 Å². The lowest BCUT2D eigenvalue weighted by Crippen LogP contribution is -1.98.